The number of benzene rings is 1. The number of pyridine rings is 1. The van der Waals surface area contributed by atoms with Gasteiger partial charge in [0.05, 0.1) is 17.6 Å². The first-order valence-electron chi connectivity index (χ1n) is 7.36. The number of fused-ring (bicyclic) bond motifs is 1. The predicted molar refractivity (Wildman–Crippen MR) is 85.8 cm³/mol. The molecule has 7 heteroatoms. The first kappa shape index (κ1) is 14.1. The van der Waals surface area contributed by atoms with Gasteiger partial charge in [-0.2, -0.15) is 5.26 Å². The summed E-state index contributed by atoms with van der Waals surface area (Å²) in [6.45, 7) is 2.39. The minimum Gasteiger partial charge on any atom is -0.318 e. The van der Waals surface area contributed by atoms with E-state index >= 15 is 0 Å². The van der Waals surface area contributed by atoms with Crippen molar-refractivity contribution in [2.24, 2.45) is 0 Å². The van der Waals surface area contributed by atoms with Gasteiger partial charge in [-0.25, -0.2) is 14.6 Å². The number of hydrogen-bond acceptors (Lipinski definition) is 6. The first-order valence-corrected chi connectivity index (χ1v) is 7.36. The molecule has 0 unspecified atom stereocenters. The average Bonchev–Trinajstić information content (AvgIpc) is 3.19. The van der Waals surface area contributed by atoms with Crippen molar-refractivity contribution in [1.29, 1.82) is 5.26 Å². The van der Waals surface area contributed by atoms with E-state index in [-0.39, 0.29) is 0 Å². The van der Waals surface area contributed by atoms with Gasteiger partial charge in [-0.1, -0.05) is 23.4 Å². The molecule has 0 aliphatic heterocycles. The second-order valence-electron chi connectivity index (χ2n) is 5.37. The number of imidazole rings is 1. The van der Waals surface area contributed by atoms with Crippen molar-refractivity contribution in [1.82, 2.24) is 24.8 Å². The predicted octanol–water partition coefficient (Wildman–Crippen LogP) is 2.71. The summed E-state index contributed by atoms with van der Waals surface area (Å²) in [6, 6.07) is 13.5. The quantitative estimate of drug-likeness (QED) is 0.577. The van der Waals surface area contributed by atoms with Gasteiger partial charge in [-0.05, 0) is 35.8 Å². The Morgan fingerprint density at radius 1 is 1.17 bits per heavy atom. The van der Waals surface area contributed by atoms with Gasteiger partial charge >= 0.3 is 0 Å². The van der Waals surface area contributed by atoms with Gasteiger partial charge in [0, 0.05) is 6.20 Å². The Balaban J connectivity index is 1.86. The van der Waals surface area contributed by atoms with Crippen LogP contribution in [0, 0.1) is 18.3 Å². The van der Waals surface area contributed by atoms with E-state index < -0.39 is 0 Å². The van der Waals surface area contributed by atoms with E-state index in [1.165, 1.54) is 0 Å². The lowest BCUT2D eigenvalue weighted by molar-refractivity contribution is 0.305. The second-order valence-corrected chi connectivity index (χ2v) is 5.37. The third-order valence-electron chi connectivity index (χ3n) is 3.80. The smallest absolute Gasteiger partial charge is 0.173 e. The number of hydrogen-bond donors (Lipinski definition) is 0. The van der Waals surface area contributed by atoms with Crippen LogP contribution in [0.1, 0.15) is 17.0 Å². The van der Waals surface area contributed by atoms with Crippen LogP contribution in [0.4, 0.5) is 0 Å². The van der Waals surface area contributed by atoms with Gasteiger partial charge in [0.1, 0.15) is 17.5 Å². The first-order chi connectivity index (χ1) is 11.8. The molecule has 1 aromatic carbocycles. The molecule has 0 saturated carbocycles. The SMILES string of the molecule is Cc1nonc1-c1nc2ccccc2n1Cc1ccc(C#N)nc1. The molecule has 0 bridgehead atoms. The van der Waals surface area contributed by atoms with E-state index in [0.717, 1.165) is 16.6 Å². The van der Waals surface area contributed by atoms with E-state index in [2.05, 4.69) is 20.3 Å². The lowest BCUT2D eigenvalue weighted by Crippen LogP contribution is -2.03. The van der Waals surface area contributed by atoms with Gasteiger partial charge < -0.3 is 4.57 Å². The molecule has 0 saturated heterocycles. The summed E-state index contributed by atoms with van der Waals surface area (Å²) in [5.74, 6) is 0.694. The minimum atomic E-state index is 0.394. The summed E-state index contributed by atoms with van der Waals surface area (Å²) in [6.07, 6.45) is 1.70. The summed E-state index contributed by atoms with van der Waals surface area (Å²) < 4.78 is 6.88. The number of rotatable bonds is 3. The van der Waals surface area contributed by atoms with Gasteiger partial charge in [-0.15, -0.1) is 0 Å². The van der Waals surface area contributed by atoms with Crippen LogP contribution in [-0.2, 0) is 6.54 Å². The van der Waals surface area contributed by atoms with Gasteiger partial charge in [0.25, 0.3) is 0 Å². The molecule has 0 N–H and O–H groups in total. The summed E-state index contributed by atoms with van der Waals surface area (Å²) in [5.41, 5.74) is 4.52. The monoisotopic (exact) mass is 316 g/mol. The molecule has 0 radical (unpaired) electrons. The molecule has 3 heterocycles. The summed E-state index contributed by atoms with van der Waals surface area (Å²) >= 11 is 0. The molecular weight excluding hydrogens is 304 g/mol. The van der Waals surface area contributed by atoms with Crippen molar-refractivity contribution >= 4 is 11.0 Å². The van der Waals surface area contributed by atoms with Crippen molar-refractivity contribution < 1.29 is 4.63 Å². The minimum absolute atomic E-state index is 0.394. The molecule has 24 heavy (non-hydrogen) atoms. The van der Waals surface area contributed by atoms with Gasteiger partial charge in [0.15, 0.2) is 11.5 Å². The van der Waals surface area contributed by atoms with Crippen LogP contribution in [0.2, 0.25) is 0 Å². The van der Waals surface area contributed by atoms with Crippen molar-refractivity contribution in [2.45, 2.75) is 13.5 Å². The van der Waals surface area contributed by atoms with E-state index in [4.69, 9.17) is 9.89 Å². The standard InChI is InChI=1S/C17H12N6O/c1-11-16(22-24-21-11)17-20-14-4-2-3-5-15(14)23(17)10-12-6-7-13(8-18)19-9-12/h2-7,9H,10H2,1H3. The Morgan fingerprint density at radius 2 is 2.04 bits per heavy atom. The lowest BCUT2D eigenvalue weighted by atomic mass is 10.2. The summed E-state index contributed by atoms with van der Waals surface area (Å²) in [4.78, 5) is 8.80. The fourth-order valence-corrected chi connectivity index (χ4v) is 2.62. The summed E-state index contributed by atoms with van der Waals surface area (Å²) in [7, 11) is 0. The van der Waals surface area contributed by atoms with Crippen molar-refractivity contribution in [3.63, 3.8) is 0 Å². The Bertz CT molecular complexity index is 1050. The van der Waals surface area contributed by atoms with Gasteiger partial charge in [-0.3, -0.25) is 0 Å². The molecular formula is C17H12N6O. The number of aryl methyl sites for hydroxylation is 1. The molecule has 0 aliphatic carbocycles. The zero-order valence-corrected chi connectivity index (χ0v) is 12.8. The molecule has 3 aromatic heterocycles. The topological polar surface area (TPSA) is 93.4 Å². The Hall–Kier alpha value is -3.53. The largest absolute Gasteiger partial charge is 0.318 e. The second kappa shape index (κ2) is 5.59. The van der Waals surface area contributed by atoms with E-state index in [1.807, 2.05) is 47.9 Å². The normalized spacial score (nSPS) is 10.8. The molecule has 0 atom stereocenters. The highest BCUT2D eigenvalue weighted by atomic mass is 16.6. The van der Waals surface area contributed by atoms with E-state index in [1.54, 1.807) is 12.3 Å². The molecule has 0 fully saturated rings. The molecule has 0 amide bonds. The van der Waals surface area contributed by atoms with Crippen molar-refractivity contribution in [3.05, 3.63) is 59.5 Å². The number of nitrogens with zero attached hydrogens (tertiary/aromatic N) is 6. The van der Waals surface area contributed by atoms with Crippen molar-refractivity contribution in [2.75, 3.05) is 0 Å². The Kier molecular flexibility index (Phi) is 3.28. The summed E-state index contributed by atoms with van der Waals surface area (Å²) in [5, 5.41) is 16.7. The van der Waals surface area contributed by atoms with Crippen LogP contribution in [0.5, 0.6) is 0 Å². The molecule has 116 valence electrons. The molecule has 0 aliphatic rings. The zero-order valence-electron chi connectivity index (χ0n) is 12.8. The van der Waals surface area contributed by atoms with Crippen LogP contribution in [0.25, 0.3) is 22.6 Å². The Labute approximate surface area is 137 Å². The van der Waals surface area contributed by atoms with Gasteiger partial charge in [0.2, 0.25) is 0 Å². The molecule has 0 spiro atoms. The highest BCUT2D eigenvalue weighted by Crippen LogP contribution is 2.26. The maximum Gasteiger partial charge on any atom is 0.173 e. The number of aromatic nitrogens is 5. The van der Waals surface area contributed by atoms with Crippen LogP contribution >= 0.6 is 0 Å². The van der Waals surface area contributed by atoms with Crippen molar-refractivity contribution in [3.8, 4) is 17.6 Å². The molecule has 4 aromatic rings. The Morgan fingerprint density at radius 3 is 2.75 bits per heavy atom. The number of nitriles is 1. The molecule has 4 rings (SSSR count). The lowest BCUT2D eigenvalue weighted by Gasteiger charge is -2.08. The average molecular weight is 316 g/mol. The molecule has 7 nitrogen and oxygen atoms in total. The van der Waals surface area contributed by atoms with Crippen LogP contribution < -0.4 is 0 Å². The van der Waals surface area contributed by atoms with Crippen LogP contribution in [0.3, 0.4) is 0 Å². The van der Waals surface area contributed by atoms with E-state index in [0.29, 0.717) is 29.5 Å². The third kappa shape index (κ3) is 2.30. The zero-order chi connectivity index (χ0) is 16.5. The van der Waals surface area contributed by atoms with Crippen LogP contribution in [-0.4, -0.2) is 24.8 Å². The third-order valence-corrected chi connectivity index (χ3v) is 3.80. The fraction of sp³-hybridized carbons (Fsp3) is 0.118. The van der Waals surface area contributed by atoms with E-state index in [9.17, 15) is 0 Å². The maximum atomic E-state index is 8.87. The van der Waals surface area contributed by atoms with Crippen LogP contribution in [0.15, 0.2) is 47.2 Å². The fourth-order valence-electron chi connectivity index (χ4n) is 2.62. The highest BCUT2D eigenvalue weighted by Gasteiger charge is 2.18. The number of para-hydroxylation sites is 2. The highest BCUT2D eigenvalue weighted by molar-refractivity contribution is 5.80. The maximum absolute atomic E-state index is 8.87.